The summed E-state index contributed by atoms with van der Waals surface area (Å²) in [6.07, 6.45) is -4.04. The Hall–Kier alpha value is -2.25. The van der Waals surface area contributed by atoms with Crippen LogP contribution in [0.2, 0.25) is 0 Å². The van der Waals surface area contributed by atoms with Crippen molar-refractivity contribution in [3.05, 3.63) is 29.8 Å². The molecule has 1 aliphatic rings. The van der Waals surface area contributed by atoms with Crippen molar-refractivity contribution in [3.63, 3.8) is 0 Å². The molecule has 132 valence electrons. The van der Waals surface area contributed by atoms with Gasteiger partial charge in [0.15, 0.2) is 6.61 Å². The summed E-state index contributed by atoms with van der Waals surface area (Å²) in [5.41, 5.74) is 0.519. The van der Waals surface area contributed by atoms with Crippen LogP contribution in [-0.2, 0) is 16.0 Å². The number of hydrogen-bond acceptors (Lipinski definition) is 3. The maximum atomic E-state index is 12.3. The molecule has 24 heavy (non-hydrogen) atoms. The van der Waals surface area contributed by atoms with Gasteiger partial charge in [-0.3, -0.25) is 9.59 Å². The third-order valence-corrected chi connectivity index (χ3v) is 4.05. The van der Waals surface area contributed by atoms with Gasteiger partial charge in [0.2, 0.25) is 5.91 Å². The lowest BCUT2D eigenvalue weighted by atomic mass is 10.0. The number of likely N-dealkylation sites (tertiary alicyclic amines) is 1. The molecule has 0 spiro atoms. The summed E-state index contributed by atoms with van der Waals surface area (Å²) in [6.45, 7) is 0.654. The van der Waals surface area contributed by atoms with Crippen molar-refractivity contribution in [3.8, 4) is 5.75 Å². The van der Waals surface area contributed by atoms with E-state index in [2.05, 4.69) is 4.74 Å². The van der Waals surface area contributed by atoms with Crippen molar-refractivity contribution >= 4 is 11.9 Å². The largest absolute Gasteiger partial charge is 0.484 e. The SMILES string of the molecule is CC1C(C(=O)O)CCN1C(=O)Cc1cccc(OCC(F)(F)F)c1. The molecular weight excluding hydrogens is 327 g/mol. The molecule has 8 heteroatoms. The lowest BCUT2D eigenvalue weighted by Crippen LogP contribution is -2.38. The van der Waals surface area contributed by atoms with E-state index in [1.807, 2.05) is 0 Å². The van der Waals surface area contributed by atoms with Crippen LogP contribution in [0.4, 0.5) is 13.2 Å². The molecule has 0 bridgehead atoms. The number of nitrogens with zero attached hydrogens (tertiary/aromatic N) is 1. The maximum absolute atomic E-state index is 12.3. The van der Waals surface area contributed by atoms with E-state index in [-0.39, 0.29) is 18.1 Å². The highest BCUT2D eigenvalue weighted by atomic mass is 19.4. The van der Waals surface area contributed by atoms with E-state index < -0.39 is 30.7 Å². The van der Waals surface area contributed by atoms with Crippen LogP contribution in [0.3, 0.4) is 0 Å². The van der Waals surface area contributed by atoms with Gasteiger partial charge in [-0.05, 0) is 31.0 Å². The fourth-order valence-electron chi connectivity index (χ4n) is 2.81. The number of carbonyl (C=O) groups excluding carboxylic acids is 1. The number of aliphatic carboxylic acids is 1. The van der Waals surface area contributed by atoms with Crippen LogP contribution in [-0.4, -0.2) is 47.3 Å². The zero-order valence-electron chi connectivity index (χ0n) is 13.0. The molecule has 1 aromatic carbocycles. The van der Waals surface area contributed by atoms with E-state index in [0.717, 1.165) is 0 Å². The number of benzene rings is 1. The van der Waals surface area contributed by atoms with Gasteiger partial charge >= 0.3 is 12.1 Å². The van der Waals surface area contributed by atoms with Crippen LogP contribution in [0.1, 0.15) is 18.9 Å². The Morgan fingerprint density at radius 3 is 2.67 bits per heavy atom. The predicted octanol–water partition coefficient (Wildman–Crippen LogP) is 2.49. The normalized spacial score (nSPS) is 20.9. The Morgan fingerprint density at radius 1 is 1.38 bits per heavy atom. The van der Waals surface area contributed by atoms with Crippen LogP contribution in [0, 0.1) is 5.92 Å². The van der Waals surface area contributed by atoms with Gasteiger partial charge in [0, 0.05) is 12.6 Å². The first-order chi connectivity index (χ1) is 11.2. The van der Waals surface area contributed by atoms with Crippen LogP contribution in [0.15, 0.2) is 24.3 Å². The summed E-state index contributed by atoms with van der Waals surface area (Å²) in [5, 5.41) is 9.09. The zero-order chi connectivity index (χ0) is 17.9. The minimum atomic E-state index is -4.43. The Bertz CT molecular complexity index is 618. The topological polar surface area (TPSA) is 66.8 Å². The summed E-state index contributed by atoms with van der Waals surface area (Å²) in [5.74, 6) is -1.73. The Balaban J connectivity index is 1.98. The third-order valence-electron chi connectivity index (χ3n) is 4.05. The number of ether oxygens (including phenoxy) is 1. The molecule has 0 aromatic heterocycles. The lowest BCUT2D eigenvalue weighted by molar-refractivity contribution is -0.153. The molecule has 5 nitrogen and oxygen atoms in total. The van der Waals surface area contributed by atoms with Gasteiger partial charge in [-0.15, -0.1) is 0 Å². The quantitative estimate of drug-likeness (QED) is 0.890. The Labute approximate surface area is 137 Å². The standard InChI is InChI=1S/C16H18F3NO4/c1-10-13(15(22)23)5-6-20(10)14(21)8-11-3-2-4-12(7-11)24-9-16(17,18)19/h2-4,7,10,13H,5-6,8-9H2,1H3,(H,22,23). The molecule has 2 rings (SSSR count). The monoisotopic (exact) mass is 345 g/mol. The molecule has 1 saturated heterocycles. The second kappa shape index (κ2) is 7.11. The Morgan fingerprint density at radius 2 is 2.08 bits per heavy atom. The second-order valence-corrected chi connectivity index (χ2v) is 5.79. The summed E-state index contributed by atoms with van der Waals surface area (Å²) in [4.78, 5) is 24.9. The van der Waals surface area contributed by atoms with Crippen molar-refractivity contribution in [2.24, 2.45) is 5.92 Å². The molecule has 1 amide bonds. The number of carboxylic acids is 1. The average molecular weight is 345 g/mol. The van der Waals surface area contributed by atoms with Gasteiger partial charge in [0.25, 0.3) is 0 Å². The fourth-order valence-corrected chi connectivity index (χ4v) is 2.81. The Kier molecular flexibility index (Phi) is 5.36. The van der Waals surface area contributed by atoms with E-state index in [1.165, 1.54) is 23.1 Å². The van der Waals surface area contributed by atoms with E-state index in [9.17, 15) is 22.8 Å². The van der Waals surface area contributed by atoms with Gasteiger partial charge in [0.1, 0.15) is 5.75 Å². The van der Waals surface area contributed by atoms with E-state index in [1.54, 1.807) is 13.0 Å². The molecule has 0 saturated carbocycles. The third kappa shape index (κ3) is 4.62. The highest BCUT2D eigenvalue weighted by molar-refractivity contribution is 5.81. The summed E-state index contributed by atoms with van der Waals surface area (Å²) in [7, 11) is 0. The minimum Gasteiger partial charge on any atom is -0.484 e. The van der Waals surface area contributed by atoms with Gasteiger partial charge in [-0.1, -0.05) is 12.1 Å². The number of carbonyl (C=O) groups is 2. The molecule has 1 aliphatic heterocycles. The van der Waals surface area contributed by atoms with Crippen molar-refractivity contribution < 1.29 is 32.6 Å². The smallest absolute Gasteiger partial charge is 0.422 e. The van der Waals surface area contributed by atoms with Crippen molar-refractivity contribution in [1.29, 1.82) is 0 Å². The van der Waals surface area contributed by atoms with E-state index in [0.29, 0.717) is 18.5 Å². The van der Waals surface area contributed by atoms with Gasteiger partial charge < -0.3 is 14.7 Å². The van der Waals surface area contributed by atoms with E-state index >= 15 is 0 Å². The summed E-state index contributed by atoms with van der Waals surface area (Å²) >= 11 is 0. The van der Waals surface area contributed by atoms with Gasteiger partial charge in [0.05, 0.1) is 12.3 Å². The molecule has 1 fully saturated rings. The first-order valence-electron chi connectivity index (χ1n) is 7.48. The van der Waals surface area contributed by atoms with Crippen LogP contribution < -0.4 is 4.74 Å². The zero-order valence-corrected chi connectivity index (χ0v) is 13.0. The molecule has 0 aliphatic carbocycles. The van der Waals surface area contributed by atoms with Crippen molar-refractivity contribution in [2.75, 3.05) is 13.2 Å². The van der Waals surface area contributed by atoms with Crippen LogP contribution in [0.25, 0.3) is 0 Å². The number of halogens is 3. The highest BCUT2D eigenvalue weighted by Gasteiger charge is 2.37. The van der Waals surface area contributed by atoms with Gasteiger partial charge in [-0.2, -0.15) is 13.2 Å². The number of alkyl halides is 3. The van der Waals surface area contributed by atoms with Crippen LogP contribution in [0.5, 0.6) is 5.75 Å². The molecule has 1 N–H and O–H groups in total. The molecular formula is C16H18F3NO4. The average Bonchev–Trinajstić information content (AvgIpc) is 2.87. The number of rotatable bonds is 5. The second-order valence-electron chi connectivity index (χ2n) is 5.79. The first kappa shape index (κ1) is 18.1. The minimum absolute atomic E-state index is 0.0140. The predicted molar refractivity (Wildman–Crippen MR) is 78.6 cm³/mol. The first-order valence-corrected chi connectivity index (χ1v) is 7.48. The summed E-state index contributed by atoms with van der Waals surface area (Å²) < 4.78 is 41.2. The molecule has 2 unspecified atom stereocenters. The lowest BCUT2D eigenvalue weighted by Gasteiger charge is -2.23. The van der Waals surface area contributed by atoms with Crippen molar-refractivity contribution in [2.45, 2.75) is 32.0 Å². The number of carboxylic acid groups (broad SMARTS) is 1. The number of hydrogen-bond donors (Lipinski definition) is 1. The maximum Gasteiger partial charge on any atom is 0.422 e. The van der Waals surface area contributed by atoms with Crippen molar-refractivity contribution in [1.82, 2.24) is 4.90 Å². The highest BCUT2D eigenvalue weighted by Crippen LogP contribution is 2.26. The molecule has 1 aromatic rings. The molecule has 0 radical (unpaired) electrons. The molecule has 1 heterocycles. The summed E-state index contributed by atoms with van der Waals surface area (Å²) in [6, 6.07) is 5.51. The fraction of sp³-hybridized carbons (Fsp3) is 0.500. The molecule has 2 atom stereocenters. The van der Waals surface area contributed by atoms with E-state index in [4.69, 9.17) is 5.11 Å². The van der Waals surface area contributed by atoms with Crippen LogP contribution >= 0.6 is 0 Å². The number of amides is 1. The van der Waals surface area contributed by atoms with Gasteiger partial charge in [-0.25, -0.2) is 0 Å².